The molecule has 0 spiro atoms. The highest BCUT2D eigenvalue weighted by atomic mass is 32.2. The number of fused-ring (bicyclic) bond motifs is 1. The van der Waals surface area contributed by atoms with Gasteiger partial charge in [0.2, 0.25) is 5.91 Å². The van der Waals surface area contributed by atoms with E-state index in [-0.39, 0.29) is 17.3 Å². The Morgan fingerprint density at radius 3 is 2.69 bits per heavy atom. The Morgan fingerprint density at radius 2 is 1.97 bits per heavy atom. The number of benzene rings is 3. The fourth-order valence-electron chi connectivity index (χ4n) is 3.62. The van der Waals surface area contributed by atoms with Crippen LogP contribution in [0, 0.1) is 10.1 Å². The fraction of sp³-hybridized carbons (Fsp3) is 0.250. The molecule has 9 nitrogen and oxygen atoms in total. The fourth-order valence-corrected chi connectivity index (χ4v) is 5.52. The van der Waals surface area contributed by atoms with Crippen LogP contribution in [0.2, 0.25) is 0 Å². The van der Waals surface area contributed by atoms with Crippen LogP contribution in [0.3, 0.4) is 0 Å². The summed E-state index contributed by atoms with van der Waals surface area (Å²) in [6, 6.07) is 18.0. The number of thioether (sulfide) groups is 1. The van der Waals surface area contributed by atoms with E-state index in [4.69, 9.17) is 4.74 Å². The van der Waals surface area contributed by atoms with Crippen molar-refractivity contribution < 1.29 is 14.5 Å². The van der Waals surface area contributed by atoms with Crippen molar-refractivity contribution in [1.82, 2.24) is 4.98 Å². The van der Waals surface area contributed by atoms with Crippen molar-refractivity contribution in [3.63, 3.8) is 0 Å². The molecule has 0 saturated heterocycles. The number of thiazole rings is 1. The van der Waals surface area contributed by atoms with E-state index in [0.29, 0.717) is 23.5 Å². The smallest absolute Gasteiger partial charge is 0.293 e. The van der Waals surface area contributed by atoms with Gasteiger partial charge in [0.05, 0.1) is 33.2 Å². The van der Waals surface area contributed by atoms with E-state index in [1.807, 2.05) is 42.5 Å². The summed E-state index contributed by atoms with van der Waals surface area (Å²) < 4.78 is 7.39. The van der Waals surface area contributed by atoms with Gasteiger partial charge in [0.25, 0.3) is 5.69 Å². The largest absolute Gasteiger partial charge is 0.494 e. The van der Waals surface area contributed by atoms with Crippen LogP contribution in [0.4, 0.5) is 22.7 Å². The number of nitrogens with zero attached hydrogens (tertiary/aromatic N) is 4. The Morgan fingerprint density at radius 1 is 1.18 bits per heavy atom. The van der Waals surface area contributed by atoms with E-state index in [9.17, 15) is 14.9 Å². The first-order chi connectivity index (χ1) is 18.8. The standard InChI is InChI=1S/C28H29N5O4S2/c1-4-5-14-37-22-10-7-20(8-11-22)30-27(34)18-38-28-31-23-12-9-21(16-26(23)39-28)29-17-19-6-13-24(32(2)3)25(15-19)33(35)36/h6-13,15-17H,4-5,14,18H2,1-3H3,(H,30,34). The molecule has 0 aliphatic carbocycles. The summed E-state index contributed by atoms with van der Waals surface area (Å²) in [6.45, 7) is 2.80. The maximum atomic E-state index is 12.4. The molecular formula is C28H29N5O4S2. The lowest BCUT2D eigenvalue weighted by atomic mass is 10.1. The maximum absolute atomic E-state index is 12.4. The molecular weight excluding hydrogens is 534 g/mol. The van der Waals surface area contributed by atoms with Crippen LogP contribution in [0.1, 0.15) is 25.3 Å². The Kier molecular flexibility index (Phi) is 9.50. The van der Waals surface area contributed by atoms with Gasteiger partial charge in [0, 0.05) is 32.1 Å². The normalized spacial score (nSPS) is 11.2. The minimum atomic E-state index is -0.393. The summed E-state index contributed by atoms with van der Waals surface area (Å²) in [5, 5.41) is 14.3. The lowest BCUT2D eigenvalue weighted by Gasteiger charge is -2.12. The van der Waals surface area contributed by atoms with Gasteiger partial charge in [0.1, 0.15) is 11.4 Å². The summed E-state index contributed by atoms with van der Waals surface area (Å²) >= 11 is 2.87. The monoisotopic (exact) mass is 563 g/mol. The first-order valence-corrected chi connectivity index (χ1v) is 14.2. The van der Waals surface area contributed by atoms with E-state index >= 15 is 0 Å². The topological polar surface area (TPSA) is 110 Å². The SMILES string of the molecule is CCCCOc1ccc(NC(=O)CSc2nc3ccc(N=Cc4ccc(N(C)C)c([N+](=O)[O-])c4)cc3s2)cc1. The zero-order valence-electron chi connectivity index (χ0n) is 21.9. The van der Waals surface area contributed by atoms with Gasteiger partial charge in [-0.15, -0.1) is 11.3 Å². The molecule has 11 heteroatoms. The predicted octanol–water partition coefficient (Wildman–Crippen LogP) is 6.93. The van der Waals surface area contributed by atoms with E-state index in [2.05, 4.69) is 22.2 Å². The van der Waals surface area contributed by atoms with Gasteiger partial charge in [-0.25, -0.2) is 4.98 Å². The molecule has 0 radical (unpaired) electrons. The summed E-state index contributed by atoms with van der Waals surface area (Å²) in [6.07, 6.45) is 3.70. The number of nitro benzene ring substituents is 1. The van der Waals surface area contributed by atoms with Gasteiger partial charge in [-0.1, -0.05) is 31.2 Å². The molecule has 3 aromatic carbocycles. The molecule has 0 fully saturated rings. The Labute approximate surface area is 235 Å². The minimum Gasteiger partial charge on any atom is -0.494 e. The summed E-state index contributed by atoms with van der Waals surface area (Å²) in [4.78, 5) is 34.3. The van der Waals surface area contributed by atoms with Gasteiger partial charge < -0.3 is 15.0 Å². The van der Waals surface area contributed by atoms with E-state index in [1.165, 1.54) is 29.2 Å². The van der Waals surface area contributed by atoms with Gasteiger partial charge in [0.15, 0.2) is 4.34 Å². The number of nitrogens with one attached hydrogen (secondary N) is 1. The third-order valence-electron chi connectivity index (χ3n) is 5.62. The molecule has 0 bridgehead atoms. The Balaban J connectivity index is 1.35. The van der Waals surface area contributed by atoms with Gasteiger partial charge in [-0.3, -0.25) is 19.9 Å². The zero-order valence-corrected chi connectivity index (χ0v) is 23.6. The van der Waals surface area contributed by atoms with Crippen LogP contribution in [0.5, 0.6) is 5.75 Å². The molecule has 0 atom stereocenters. The first-order valence-electron chi connectivity index (χ1n) is 12.4. The number of aromatic nitrogens is 1. The van der Waals surface area contributed by atoms with Crippen molar-refractivity contribution in [3.05, 3.63) is 76.3 Å². The molecule has 0 aliphatic heterocycles. The van der Waals surface area contributed by atoms with Gasteiger partial charge in [-0.2, -0.15) is 0 Å². The number of aliphatic imine (C=N–C) groups is 1. The lowest BCUT2D eigenvalue weighted by Crippen LogP contribution is -2.13. The number of hydrogen-bond acceptors (Lipinski definition) is 9. The highest BCUT2D eigenvalue weighted by Gasteiger charge is 2.15. The number of carbonyl (C=O) groups excluding carboxylic acids is 1. The molecule has 1 aromatic heterocycles. The second kappa shape index (κ2) is 13.2. The van der Waals surface area contributed by atoms with Crippen molar-refractivity contribution >= 4 is 68.2 Å². The second-order valence-electron chi connectivity index (χ2n) is 8.85. The van der Waals surface area contributed by atoms with Crippen molar-refractivity contribution in [2.75, 3.05) is 36.7 Å². The van der Waals surface area contributed by atoms with E-state index in [1.54, 1.807) is 37.3 Å². The number of carbonyl (C=O) groups is 1. The highest BCUT2D eigenvalue weighted by Crippen LogP contribution is 2.32. The molecule has 0 aliphatic rings. The minimum absolute atomic E-state index is 0.0287. The molecule has 0 saturated carbocycles. The van der Waals surface area contributed by atoms with Crippen LogP contribution in [-0.4, -0.2) is 48.5 Å². The number of anilines is 2. The maximum Gasteiger partial charge on any atom is 0.293 e. The Bertz CT molecular complexity index is 1490. The Hall–Kier alpha value is -3.96. The molecule has 1 N–H and O–H groups in total. The van der Waals surface area contributed by atoms with E-state index in [0.717, 1.165) is 38.8 Å². The molecule has 39 heavy (non-hydrogen) atoms. The predicted molar refractivity (Wildman–Crippen MR) is 160 cm³/mol. The molecule has 4 rings (SSSR count). The first kappa shape index (κ1) is 28.1. The van der Waals surface area contributed by atoms with Crippen LogP contribution >= 0.6 is 23.1 Å². The number of nitro groups is 1. The van der Waals surface area contributed by atoms with Crippen LogP contribution in [0.15, 0.2) is 70.0 Å². The average molecular weight is 564 g/mol. The van der Waals surface area contributed by atoms with Crippen LogP contribution in [0.25, 0.3) is 10.2 Å². The molecule has 1 heterocycles. The third-order valence-corrected chi connectivity index (χ3v) is 7.79. The number of hydrogen-bond donors (Lipinski definition) is 1. The summed E-state index contributed by atoms with van der Waals surface area (Å²) in [7, 11) is 3.53. The van der Waals surface area contributed by atoms with Crippen molar-refractivity contribution in [1.29, 1.82) is 0 Å². The lowest BCUT2D eigenvalue weighted by molar-refractivity contribution is -0.384. The number of unbranched alkanes of at least 4 members (excludes halogenated alkanes) is 1. The van der Waals surface area contributed by atoms with Gasteiger partial charge in [-0.05, 0) is 60.5 Å². The van der Waals surface area contributed by atoms with Crippen molar-refractivity contribution in [3.8, 4) is 5.75 Å². The van der Waals surface area contributed by atoms with Crippen molar-refractivity contribution in [2.45, 2.75) is 24.1 Å². The highest BCUT2D eigenvalue weighted by molar-refractivity contribution is 8.01. The van der Waals surface area contributed by atoms with Crippen molar-refractivity contribution in [2.24, 2.45) is 4.99 Å². The molecule has 202 valence electrons. The van der Waals surface area contributed by atoms with E-state index < -0.39 is 4.92 Å². The average Bonchev–Trinajstić information content (AvgIpc) is 3.34. The van der Waals surface area contributed by atoms with Crippen LogP contribution < -0.4 is 15.0 Å². The quantitative estimate of drug-likeness (QED) is 0.0654. The second-order valence-corrected chi connectivity index (χ2v) is 11.1. The summed E-state index contributed by atoms with van der Waals surface area (Å²) in [5.41, 5.74) is 3.45. The summed E-state index contributed by atoms with van der Waals surface area (Å²) in [5.74, 6) is 0.914. The number of ether oxygens (including phenoxy) is 1. The number of rotatable bonds is 12. The molecule has 4 aromatic rings. The molecule has 0 unspecified atom stereocenters. The van der Waals surface area contributed by atoms with Crippen LogP contribution in [-0.2, 0) is 4.79 Å². The van der Waals surface area contributed by atoms with Gasteiger partial charge >= 0.3 is 0 Å². The third kappa shape index (κ3) is 7.78. The molecule has 1 amide bonds. The number of amides is 1. The zero-order chi connectivity index (χ0) is 27.8.